The lowest BCUT2D eigenvalue weighted by molar-refractivity contribution is -0.384. The number of aryl methyl sites for hydroxylation is 1. The molecule has 0 saturated carbocycles. The van der Waals surface area contributed by atoms with Crippen molar-refractivity contribution in [2.45, 2.75) is 33.1 Å². The topological polar surface area (TPSA) is 58.4 Å². The van der Waals surface area contributed by atoms with E-state index in [1.807, 2.05) is 13.0 Å². The van der Waals surface area contributed by atoms with Crippen LogP contribution in [0.1, 0.15) is 31.7 Å². The van der Waals surface area contributed by atoms with Crippen molar-refractivity contribution in [2.24, 2.45) is 5.92 Å². The minimum absolute atomic E-state index is 0.179. The maximum Gasteiger partial charge on any atom is 0.271 e. The molecular weight excluding hydrogens is 266 g/mol. The highest BCUT2D eigenvalue weighted by atomic mass is 16.6. The average molecular weight is 291 g/mol. The molecule has 0 aromatic heterocycles. The third-order valence-corrected chi connectivity index (χ3v) is 4.12. The van der Waals surface area contributed by atoms with Crippen molar-refractivity contribution in [2.75, 3.05) is 31.1 Å². The van der Waals surface area contributed by atoms with Crippen LogP contribution in [0.3, 0.4) is 0 Å². The molecule has 1 aliphatic heterocycles. The summed E-state index contributed by atoms with van der Waals surface area (Å²) < 4.78 is 0. The molecule has 1 aromatic rings. The number of nitrogens with one attached hydrogen (secondary N) is 1. The van der Waals surface area contributed by atoms with Gasteiger partial charge in [0.1, 0.15) is 0 Å². The Balaban J connectivity index is 2.19. The maximum atomic E-state index is 11.0. The van der Waals surface area contributed by atoms with Gasteiger partial charge in [-0.05, 0) is 50.8 Å². The number of rotatable bonds is 6. The van der Waals surface area contributed by atoms with Crippen molar-refractivity contribution < 1.29 is 4.92 Å². The highest BCUT2D eigenvalue weighted by molar-refractivity contribution is 5.58. The summed E-state index contributed by atoms with van der Waals surface area (Å²) >= 11 is 0. The molecule has 0 amide bonds. The Kier molecular flexibility index (Phi) is 5.56. The number of benzene rings is 1. The first-order valence-corrected chi connectivity index (χ1v) is 7.82. The van der Waals surface area contributed by atoms with E-state index in [4.69, 9.17) is 0 Å². The highest BCUT2D eigenvalue weighted by Crippen LogP contribution is 2.27. The van der Waals surface area contributed by atoms with E-state index in [-0.39, 0.29) is 10.6 Å². The largest absolute Gasteiger partial charge is 0.371 e. The van der Waals surface area contributed by atoms with Gasteiger partial charge in [0.05, 0.1) is 4.92 Å². The van der Waals surface area contributed by atoms with E-state index in [1.165, 1.54) is 12.8 Å². The lowest BCUT2D eigenvalue weighted by atomic mass is 9.98. The van der Waals surface area contributed by atoms with Gasteiger partial charge in [-0.25, -0.2) is 0 Å². The Morgan fingerprint density at radius 2 is 2.29 bits per heavy atom. The normalized spacial score (nSPS) is 18.5. The van der Waals surface area contributed by atoms with Crippen molar-refractivity contribution >= 4 is 11.4 Å². The summed E-state index contributed by atoms with van der Waals surface area (Å²) in [5.74, 6) is 0.629. The summed E-state index contributed by atoms with van der Waals surface area (Å²) in [4.78, 5) is 13.0. The van der Waals surface area contributed by atoms with Gasteiger partial charge in [0, 0.05) is 30.9 Å². The Morgan fingerprint density at radius 1 is 1.48 bits per heavy atom. The van der Waals surface area contributed by atoms with Gasteiger partial charge in [-0.2, -0.15) is 0 Å². The second-order valence-electron chi connectivity index (χ2n) is 5.89. The standard InChI is InChI=1S/C16H25N3O2/c1-3-9-18(12-14-5-4-8-17-11-14)16-10-15(19(20)21)7-6-13(16)2/h6-7,10,14,17H,3-5,8-9,11-12H2,1-2H3. The summed E-state index contributed by atoms with van der Waals surface area (Å²) in [7, 11) is 0. The quantitative estimate of drug-likeness (QED) is 0.646. The van der Waals surface area contributed by atoms with Crippen molar-refractivity contribution in [3.05, 3.63) is 33.9 Å². The molecule has 5 heteroatoms. The number of non-ortho nitro benzene ring substituents is 1. The zero-order valence-corrected chi connectivity index (χ0v) is 13.0. The van der Waals surface area contributed by atoms with Gasteiger partial charge in [0.25, 0.3) is 5.69 Å². The first kappa shape index (κ1) is 15.8. The Hall–Kier alpha value is -1.62. The zero-order chi connectivity index (χ0) is 15.2. The summed E-state index contributed by atoms with van der Waals surface area (Å²) in [6.07, 6.45) is 3.50. The van der Waals surface area contributed by atoms with E-state index in [0.29, 0.717) is 5.92 Å². The fourth-order valence-corrected chi connectivity index (χ4v) is 3.02. The predicted molar refractivity (Wildman–Crippen MR) is 85.9 cm³/mol. The number of hydrogen-bond acceptors (Lipinski definition) is 4. The van der Waals surface area contributed by atoms with Gasteiger partial charge in [0.15, 0.2) is 0 Å². The number of hydrogen-bond donors (Lipinski definition) is 1. The first-order valence-electron chi connectivity index (χ1n) is 7.82. The van der Waals surface area contributed by atoms with E-state index in [1.54, 1.807) is 12.1 Å². The molecule has 5 nitrogen and oxygen atoms in total. The van der Waals surface area contributed by atoms with Crippen LogP contribution in [0.2, 0.25) is 0 Å². The van der Waals surface area contributed by atoms with Gasteiger partial charge >= 0.3 is 0 Å². The van der Waals surface area contributed by atoms with Crippen LogP contribution in [-0.2, 0) is 0 Å². The van der Waals surface area contributed by atoms with Crippen molar-refractivity contribution in [3.63, 3.8) is 0 Å². The summed E-state index contributed by atoms with van der Waals surface area (Å²) in [5, 5.41) is 14.5. The number of anilines is 1. The second kappa shape index (κ2) is 7.41. The zero-order valence-electron chi connectivity index (χ0n) is 13.0. The van der Waals surface area contributed by atoms with Gasteiger partial charge in [0.2, 0.25) is 0 Å². The van der Waals surface area contributed by atoms with E-state index in [9.17, 15) is 10.1 Å². The third-order valence-electron chi connectivity index (χ3n) is 4.12. The molecule has 0 radical (unpaired) electrons. The Morgan fingerprint density at radius 3 is 2.90 bits per heavy atom. The van der Waals surface area contributed by atoms with E-state index < -0.39 is 0 Å². The van der Waals surface area contributed by atoms with Gasteiger partial charge in [-0.15, -0.1) is 0 Å². The molecule has 1 aliphatic rings. The van der Waals surface area contributed by atoms with Crippen molar-refractivity contribution in [3.8, 4) is 0 Å². The highest BCUT2D eigenvalue weighted by Gasteiger charge is 2.19. The lowest BCUT2D eigenvalue weighted by Gasteiger charge is -2.32. The Bertz CT molecular complexity index is 484. The minimum Gasteiger partial charge on any atom is -0.371 e. The van der Waals surface area contributed by atoms with Crippen LogP contribution in [0.15, 0.2) is 18.2 Å². The molecule has 1 unspecified atom stereocenters. The molecule has 116 valence electrons. The molecule has 1 atom stereocenters. The van der Waals surface area contributed by atoms with Crippen LogP contribution in [0.5, 0.6) is 0 Å². The van der Waals surface area contributed by atoms with Crippen LogP contribution in [0, 0.1) is 23.0 Å². The number of piperidine rings is 1. The Labute approximate surface area is 126 Å². The molecule has 1 saturated heterocycles. The monoisotopic (exact) mass is 291 g/mol. The summed E-state index contributed by atoms with van der Waals surface area (Å²) in [6, 6.07) is 5.17. The second-order valence-corrected chi connectivity index (χ2v) is 5.89. The van der Waals surface area contributed by atoms with Crippen LogP contribution in [-0.4, -0.2) is 31.1 Å². The minimum atomic E-state index is -0.310. The lowest BCUT2D eigenvalue weighted by Crippen LogP contribution is -2.39. The van der Waals surface area contributed by atoms with Crippen LogP contribution < -0.4 is 10.2 Å². The smallest absolute Gasteiger partial charge is 0.271 e. The fraction of sp³-hybridized carbons (Fsp3) is 0.625. The molecule has 1 aromatic carbocycles. The van der Waals surface area contributed by atoms with Crippen molar-refractivity contribution in [1.29, 1.82) is 0 Å². The molecule has 0 bridgehead atoms. The molecule has 0 aliphatic carbocycles. The average Bonchev–Trinajstić information content (AvgIpc) is 2.48. The van der Waals surface area contributed by atoms with E-state index in [2.05, 4.69) is 17.1 Å². The predicted octanol–water partition coefficient (Wildman–Crippen LogP) is 3.12. The fourth-order valence-electron chi connectivity index (χ4n) is 3.02. The van der Waals surface area contributed by atoms with Gasteiger partial charge < -0.3 is 10.2 Å². The molecule has 21 heavy (non-hydrogen) atoms. The summed E-state index contributed by atoms with van der Waals surface area (Å²) in [6.45, 7) is 8.26. The summed E-state index contributed by atoms with van der Waals surface area (Å²) in [5.41, 5.74) is 2.30. The van der Waals surface area contributed by atoms with Gasteiger partial charge in [-0.1, -0.05) is 13.0 Å². The third kappa shape index (κ3) is 4.17. The van der Waals surface area contributed by atoms with E-state index >= 15 is 0 Å². The SMILES string of the molecule is CCCN(CC1CCCNC1)c1cc([N+](=O)[O-])ccc1C. The molecule has 2 rings (SSSR count). The number of nitro groups is 1. The van der Waals surface area contributed by atoms with Crippen LogP contribution in [0.25, 0.3) is 0 Å². The number of nitrogens with zero attached hydrogens (tertiary/aromatic N) is 2. The molecule has 1 heterocycles. The van der Waals surface area contributed by atoms with Crippen LogP contribution >= 0.6 is 0 Å². The molecular formula is C16H25N3O2. The van der Waals surface area contributed by atoms with Crippen LogP contribution in [0.4, 0.5) is 11.4 Å². The van der Waals surface area contributed by atoms with Gasteiger partial charge in [-0.3, -0.25) is 10.1 Å². The molecule has 1 N–H and O–H groups in total. The first-order chi connectivity index (χ1) is 10.1. The number of nitro benzene ring substituents is 1. The molecule has 0 spiro atoms. The maximum absolute atomic E-state index is 11.0. The molecule has 1 fully saturated rings. The van der Waals surface area contributed by atoms with Crippen molar-refractivity contribution in [1.82, 2.24) is 5.32 Å². The van der Waals surface area contributed by atoms with E-state index in [0.717, 1.165) is 43.9 Å².